The van der Waals surface area contributed by atoms with Crippen LogP contribution in [0.25, 0.3) is 0 Å². The van der Waals surface area contributed by atoms with Gasteiger partial charge in [0, 0.05) is 17.3 Å². The molecule has 1 aliphatic carbocycles. The zero-order valence-corrected chi connectivity index (χ0v) is 12.0. The molecular formula is C15H20N2O4. The van der Waals surface area contributed by atoms with E-state index in [-0.39, 0.29) is 11.6 Å². The summed E-state index contributed by atoms with van der Waals surface area (Å²) in [6, 6.07) is 3.99. The molecule has 1 aromatic carbocycles. The highest BCUT2D eigenvalue weighted by atomic mass is 16.6. The first-order valence-electron chi connectivity index (χ1n) is 7.23. The SMILES string of the molecule is Cc1cc(NC(C(=O)O)C2CCCCC2)ccc1[N+](=O)[O-]. The highest BCUT2D eigenvalue weighted by molar-refractivity contribution is 5.78. The van der Waals surface area contributed by atoms with E-state index in [1.165, 1.54) is 12.5 Å². The first-order valence-corrected chi connectivity index (χ1v) is 7.23. The number of benzene rings is 1. The Morgan fingerprint density at radius 1 is 1.38 bits per heavy atom. The molecule has 0 saturated heterocycles. The summed E-state index contributed by atoms with van der Waals surface area (Å²) < 4.78 is 0. The van der Waals surface area contributed by atoms with Crippen LogP contribution in [0, 0.1) is 23.0 Å². The maximum absolute atomic E-state index is 11.5. The Balaban J connectivity index is 2.15. The molecule has 2 N–H and O–H groups in total. The van der Waals surface area contributed by atoms with Gasteiger partial charge in [-0.2, -0.15) is 0 Å². The Morgan fingerprint density at radius 2 is 2.05 bits per heavy atom. The quantitative estimate of drug-likeness (QED) is 0.641. The number of carboxylic acid groups (broad SMARTS) is 1. The van der Waals surface area contributed by atoms with Gasteiger partial charge < -0.3 is 10.4 Å². The van der Waals surface area contributed by atoms with E-state index in [1.807, 2.05) is 0 Å². The zero-order chi connectivity index (χ0) is 15.4. The smallest absolute Gasteiger partial charge is 0.326 e. The van der Waals surface area contributed by atoms with Gasteiger partial charge in [-0.1, -0.05) is 19.3 Å². The molecule has 0 heterocycles. The van der Waals surface area contributed by atoms with Gasteiger partial charge in [-0.3, -0.25) is 10.1 Å². The van der Waals surface area contributed by atoms with Crippen molar-refractivity contribution < 1.29 is 14.8 Å². The number of carbonyl (C=O) groups is 1. The second-order valence-corrected chi connectivity index (χ2v) is 5.62. The van der Waals surface area contributed by atoms with E-state index >= 15 is 0 Å². The molecule has 0 bridgehead atoms. The normalized spacial score (nSPS) is 17.2. The van der Waals surface area contributed by atoms with Crippen LogP contribution in [-0.4, -0.2) is 22.0 Å². The standard InChI is InChI=1S/C15H20N2O4/c1-10-9-12(7-8-13(10)17(20)21)16-14(15(18)19)11-5-3-2-4-6-11/h7-9,11,14,16H,2-6H2,1H3,(H,18,19). The van der Waals surface area contributed by atoms with Crippen molar-refractivity contribution in [2.45, 2.75) is 45.1 Å². The minimum Gasteiger partial charge on any atom is -0.480 e. The number of nitrogens with zero attached hydrogens (tertiary/aromatic N) is 1. The third-order valence-electron chi connectivity index (χ3n) is 4.10. The van der Waals surface area contributed by atoms with Gasteiger partial charge in [0.05, 0.1) is 4.92 Å². The van der Waals surface area contributed by atoms with Gasteiger partial charge in [-0.25, -0.2) is 4.79 Å². The Labute approximate surface area is 123 Å². The van der Waals surface area contributed by atoms with Gasteiger partial charge in [0.15, 0.2) is 0 Å². The Morgan fingerprint density at radius 3 is 2.57 bits per heavy atom. The van der Waals surface area contributed by atoms with Gasteiger partial charge in [-0.15, -0.1) is 0 Å². The molecule has 0 aromatic heterocycles. The third-order valence-corrected chi connectivity index (χ3v) is 4.10. The van der Waals surface area contributed by atoms with Crippen molar-refractivity contribution in [1.82, 2.24) is 0 Å². The molecule has 1 saturated carbocycles. The molecule has 1 unspecified atom stereocenters. The summed E-state index contributed by atoms with van der Waals surface area (Å²) in [5.74, 6) is -0.746. The molecule has 1 aromatic rings. The van der Waals surface area contributed by atoms with E-state index < -0.39 is 16.9 Å². The number of nitro groups is 1. The van der Waals surface area contributed by atoms with Crippen molar-refractivity contribution in [3.8, 4) is 0 Å². The van der Waals surface area contributed by atoms with Crippen molar-refractivity contribution in [3.63, 3.8) is 0 Å². The Kier molecular flexibility index (Phi) is 4.77. The number of nitro benzene ring substituents is 1. The number of hydrogen-bond acceptors (Lipinski definition) is 4. The summed E-state index contributed by atoms with van der Waals surface area (Å²) in [6.07, 6.45) is 5.12. The van der Waals surface area contributed by atoms with E-state index in [0.717, 1.165) is 25.7 Å². The van der Waals surface area contributed by atoms with Crippen molar-refractivity contribution in [2.75, 3.05) is 5.32 Å². The maximum Gasteiger partial charge on any atom is 0.326 e. The summed E-state index contributed by atoms with van der Waals surface area (Å²) in [6.45, 7) is 1.65. The minimum atomic E-state index is -0.863. The largest absolute Gasteiger partial charge is 0.480 e. The lowest BCUT2D eigenvalue weighted by molar-refractivity contribution is -0.385. The lowest BCUT2D eigenvalue weighted by Gasteiger charge is -2.28. The van der Waals surface area contributed by atoms with E-state index in [1.54, 1.807) is 19.1 Å². The molecule has 1 fully saturated rings. The van der Waals surface area contributed by atoms with Crippen LogP contribution < -0.4 is 5.32 Å². The van der Waals surface area contributed by atoms with Crippen LogP contribution in [0.1, 0.15) is 37.7 Å². The number of rotatable bonds is 5. The molecule has 1 atom stereocenters. The molecule has 1 aliphatic rings. The van der Waals surface area contributed by atoms with Crippen LogP contribution >= 0.6 is 0 Å². The van der Waals surface area contributed by atoms with Gasteiger partial charge in [0.25, 0.3) is 5.69 Å². The average molecular weight is 292 g/mol. The van der Waals surface area contributed by atoms with Crippen molar-refractivity contribution in [1.29, 1.82) is 0 Å². The zero-order valence-electron chi connectivity index (χ0n) is 12.0. The number of aryl methyl sites for hydroxylation is 1. The third kappa shape index (κ3) is 3.71. The summed E-state index contributed by atoms with van der Waals surface area (Å²) in [5.41, 5.74) is 1.19. The molecule has 0 spiro atoms. The van der Waals surface area contributed by atoms with E-state index in [0.29, 0.717) is 11.3 Å². The molecule has 6 heteroatoms. The summed E-state index contributed by atoms with van der Waals surface area (Å²) in [7, 11) is 0. The lowest BCUT2D eigenvalue weighted by Crippen LogP contribution is -2.38. The topological polar surface area (TPSA) is 92.5 Å². The molecule has 114 valence electrons. The average Bonchev–Trinajstić information content (AvgIpc) is 2.45. The molecular weight excluding hydrogens is 272 g/mol. The summed E-state index contributed by atoms with van der Waals surface area (Å²) >= 11 is 0. The highest BCUT2D eigenvalue weighted by Gasteiger charge is 2.29. The molecule has 2 rings (SSSR count). The van der Waals surface area contributed by atoms with Gasteiger partial charge >= 0.3 is 5.97 Å². The molecule has 21 heavy (non-hydrogen) atoms. The molecule has 6 nitrogen and oxygen atoms in total. The van der Waals surface area contributed by atoms with Crippen molar-refractivity contribution in [3.05, 3.63) is 33.9 Å². The second kappa shape index (κ2) is 6.56. The highest BCUT2D eigenvalue weighted by Crippen LogP contribution is 2.29. The number of carboxylic acids is 1. The second-order valence-electron chi connectivity index (χ2n) is 5.62. The van der Waals surface area contributed by atoms with Crippen LogP contribution in [0.2, 0.25) is 0 Å². The van der Waals surface area contributed by atoms with Crippen LogP contribution in [0.15, 0.2) is 18.2 Å². The Bertz CT molecular complexity index is 538. The predicted molar refractivity (Wildman–Crippen MR) is 79.5 cm³/mol. The molecule has 0 aliphatic heterocycles. The van der Waals surface area contributed by atoms with Gasteiger partial charge in [-0.05, 0) is 37.8 Å². The van der Waals surface area contributed by atoms with Crippen molar-refractivity contribution >= 4 is 17.3 Å². The monoisotopic (exact) mass is 292 g/mol. The fourth-order valence-electron chi connectivity index (χ4n) is 2.98. The van der Waals surface area contributed by atoms with Crippen LogP contribution in [0.5, 0.6) is 0 Å². The van der Waals surface area contributed by atoms with Crippen molar-refractivity contribution in [2.24, 2.45) is 5.92 Å². The summed E-state index contributed by atoms with van der Waals surface area (Å²) in [5, 5.41) is 23.3. The fraction of sp³-hybridized carbons (Fsp3) is 0.533. The number of hydrogen-bond donors (Lipinski definition) is 2. The first-order chi connectivity index (χ1) is 9.99. The Hall–Kier alpha value is -2.11. The van der Waals surface area contributed by atoms with E-state index in [2.05, 4.69) is 5.32 Å². The van der Waals surface area contributed by atoms with Gasteiger partial charge in [0.1, 0.15) is 6.04 Å². The summed E-state index contributed by atoms with van der Waals surface area (Å²) in [4.78, 5) is 21.9. The maximum atomic E-state index is 11.5. The van der Waals surface area contributed by atoms with E-state index in [4.69, 9.17) is 0 Å². The number of anilines is 1. The van der Waals surface area contributed by atoms with E-state index in [9.17, 15) is 20.0 Å². The fourth-order valence-corrected chi connectivity index (χ4v) is 2.98. The van der Waals surface area contributed by atoms with Crippen LogP contribution in [0.4, 0.5) is 11.4 Å². The number of aliphatic carboxylic acids is 1. The minimum absolute atomic E-state index is 0.0464. The molecule has 0 radical (unpaired) electrons. The number of nitrogens with one attached hydrogen (secondary N) is 1. The van der Waals surface area contributed by atoms with Crippen LogP contribution in [-0.2, 0) is 4.79 Å². The molecule has 0 amide bonds. The predicted octanol–water partition coefficient (Wildman–Crippen LogP) is 3.35. The first kappa shape index (κ1) is 15.3. The van der Waals surface area contributed by atoms with Crippen LogP contribution in [0.3, 0.4) is 0 Å². The van der Waals surface area contributed by atoms with Gasteiger partial charge in [0.2, 0.25) is 0 Å². The lowest BCUT2D eigenvalue weighted by atomic mass is 9.84.